The van der Waals surface area contributed by atoms with Crippen molar-refractivity contribution < 1.29 is 14.3 Å². The second-order valence-corrected chi connectivity index (χ2v) is 5.89. The number of ether oxygens (including phenoxy) is 2. The maximum atomic E-state index is 11.8. The number of nitrogens with two attached hydrogens (primary N) is 1. The number of benzene rings is 1. The molecule has 0 bridgehead atoms. The lowest BCUT2D eigenvalue weighted by Gasteiger charge is -2.19. The maximum absolute atomic E-state index is 11.8. The molecule has 0 saturated heterocycles. The molecule has 0 aliphatic carbocycles. The Labute approximate surface area is 139 Å². The van der Waals surface area contributed by atoms with Gasteiger partial charge in [0.1, 0.15) is 11.4 Å². The zero-order valence-electron chi connectivity index (χ0n) is 13.6. The van der Waals surface area contributed by atoms with Gasteiger partial charge in [0, 0.05) is 24.0 Å². The second kappa shape index (κ2) is 6.95. The highest BCUT2D eigenvalue weighted by molar-refractivity contribution is 5.85. The molecule has 0 aliphatic rings. The van der Waals surface area contributed by atoms with Gasteiger partial charge in [-0.2, -0.15) is 0 Å². The van der Waals surface area contributed by atoms with Gasteiger partial charge in [-0.15, -0.1) is 4.91 Å². The molecule has 0 aliphatic heterocycles. The highest BCUT2D eigenvalue weighted by Gasteiger charge is 2.16. The summed E-state index contributed by atoms with van der Waals surface area (Å²) in [6, 6.07) is 8.07. The number of anilines is 2. The van der Waals surface area contributed by atoms with Crippen molar-refractivity contribution >= 4 is 23.3 Å². The van der Waals surface area contributed by atoms with E-state index in [1.54, 1.807) is 45.0 Å². The van der Waals surface area contributed by atoms with Crippen molar-refractivity contribution in [3.8, 4) is 11.5 Å². The van der Waals surface area contributed by atoms with E-state index in [1.165, 1.54) is 12.3 Å². The first kappa shape index (κ1) is 17.2. The highest BCUT2D eigenvalue weighted by atomic mass is 16.6. The first-order chi connectivity index (χ1) is 11.3. The van der Waals surface area contributed by atoms with Crippen LogP contribution in [0.5, 0.6) is 11.5 Å². The van der Waals surface area contributed by atoms with Gasteiger partial charge in [-0.25, -0.2) is 9.78 Å². The van der Waals surface area contributed by atoms with E-state index in [0.29, 0.717) is 11.4 Å². The van der Waals surface area contributed by atoms with Gasteiger partial charge in [0.15, 0.2) is 17.3 Å². The lowest BCUT2D eigenvalue weighted by molar-refractivity contribution is 0.0636. The lowest BCUT2D eigenvalue weighted by Crippen LogP contribution is -2.27. The molecule has 0 radical (unpaired) electrons. The number of hydrogen-bond acceptors (Lipinski definition) is 7. The summed E-state index contributed by atoms with van der Waals surface area (Å²) in [7, 11) is 0. The molecule has 24 heavy (non-hydrogen) atoms. The van der Waals surface area contributed by atoms with Gasteiger partial charge in [0.25, 0.3) is 0 Å². The average Bonchev–Trinajstić information content (AvgIpc) is 2.45. The minimum Gasteiger partial charge on any atom is -0.455 e. The van der Waals surface area contributed by atoms with Crippen LogP contribution in [-0.4, -0.2) is 16.7 Å². The van der Waals surface area contributed by atoms with Crippen molar-refractivity contribution in [1.29, 1.82) is 0 Å². The molecule has 0 spiro atoms. The summed E-state index contributed by atoms with van der Waals surface area (Å²) < 4.78 is 10.8. The minimum atomic E-state index is -0.600. The number of hydrogen-bond donors (Lipinski definition) is 2. The van der Waals surface area contributed by atoms with Gasteiger partial charge in [0.2, 0.25) is 0 Å². The van der Waals surface area contributed by atoms with Crippen LogP contribution in [0.4, 0.5) is 22.0 Å². The van der Waals surface area contributed by atoms with Crippen LogP contribution in [0.25, 0.3) is 0 Å². The van der Waals surface area contributed by atoms with Crippen molar-refractivity contribution in [2.75, 3.05) is 11.1 Å². The van der Waals surface area contributed by atoms with Crippen LogP contribution in [0.2, 0.25) is 0 Å². The Hall–Kier alpha value is -3.16. The zero-order chi connectivity index (χ0) is 17.7. The third-order valence-electron chi connectivity index (χ3n) is 2.71. The Bertz CT molecular complexity index is 756. The number of pyridine rings is 1. The molecule has 0 atom stereocenters. The molecule has 0 unspecified atom stereocenters. The molecule has 2 aromatic rings. The summed E-state index contributed by atoms with van der Waals surface area (Å²) >= 11 is 0. The van der Waals surface area contributed by atoms with Crippen molar-refractivity contribution in [2.24, 2.45) is 5.18 Å². The van der Waals surface area contributed by atoms with E-state index in [9.17, 15) is 9.70 Å². The molecular weight excluding hydrogens is 312 g/mol. The summed E-state index contributed by atoms with van der Waals surface area (Å²) in [6.45, 7) is 5.32. The fourth-order valence-corrected chi connectivity index (χ4v) is 1.81. The minimum absolute atomic E-state index is 0.0227. The molecular formula is C16H18N4O4. The number of nitrogens with zero attached hydrogens (tertiary/aromatic N) is 2. The van der Waals surface area contributed by atoms with Gasteiger partial charge in [-0.3, -0.25) is 5.32 Å². The summed E-state index contributed by atoms with van der Waals surface area (Å²) in [6.07, 6.45) is 0.824. The van der Waals surface area contributed by atoms with Crippen LogP contribution in [0.3, 0.4) is 0 Å². The number of nitrogen functional groups attached to an aromatic ring is 1. The number of rotatable bonds is 4. The third-order valence-corrected chi connectivity index (χ3v) is 2.71. The molecule has 2 rings (SSSR count). The van der Waals surface area contributed by atoms with E-state index in [4.69, 9.17) is 15.2 Å². The van der Waals surface area contributed by atoms with E-state index < -0.39 is 11.7 Å². The van der Waals surface area contributed by atoms with Gasteiger partial charge in [0.05, 0.1) is 0 Å². The molecule has 1 heterocycles. The number of nitrogens with one attached hydrogen (secondary N) is 1. The number of aromatic nitrogens is 1. The molecule has 3 N–H and O–H groups in total. The predicted molar refractivity (Wildman–Crippen MR) is 90.5 cm³/mol. The number of amides is 1. The maximum Gasteiger partial charge on any atom is 0.412 e. The Morgan fingerprint density at radius 2 is 2.04 bits per heavy atom. The van der Waals surface area contributed by atoms with Crippen molar-refractivity contribution in [3.05, 3.63) is 41.4 Å². The van der Waals surface area contributed by atoms with Gasteiger partial charge >= 0.3 is 6.09 Å². The molecule has 1 amide bonds. The predicted octanol–water partition coefficient (Wildman–Crippen LogP) is 4.20. The van der Waals surface area contributed by atoms with E-state index >= 15 is 0 Å². The van der Waals surface area contributed by atoms with Crippen LogP contribution in [0.1, 0.15) is 20.8 Å². The summed E-state index contributed by atoms with van der Waals surface area (Å²) in [4.78, 5) is 26.4. The standard InChI is InChI=1S/C16H18N4O4/c1-16(2,3)24-15(21)19-10-5-4-6-11(9-10)23-12-7-8-18-14(17)13(12)20-22/h4-9H,1-3H3,(H2,17,18)(H,19,21). The number of carbonyl (C=O) groups is 1. The van der Waals surface area contributed by atoms with Crippen LogP contribution >= 0.6 is 0 Å². The van der Waals surface area contributed by atoms with E-state index in [1.807, 2.05) is 0 Å². The average molecular weight is 330 g/mol. The fraction of sp³-hybridized carbons (Fsp3) is 0.250. The molecule has 8 nitrogen and oxygen atoms in total. The number of nitroso groups, excluding NO2 is 1. The van der Waals surface area contributed by atoms with Crippen molar-refractivity contribution in [1.82, 2.24) is 4.98 Å². The topological polar surface area (TPSA) is 116 Å². The summed E-state index contributed by atoms with van der Waals surface area (Å²) in [5, 5.41) is 5.43. The number of carbonyl (C=O) groups excluding carboxylic acids is 1. The second-order valence-electron chi connectivity index (χ2n) is 5.89. The molecule has 1 aromatic carbocycles. The van der Waals surface area contributed by atoms with Crippen molar-refractivity contribution in [2.45, 2.75) is 26.4 Å². The lowest BCUT2D eigenvalue weighted by atomic mass is 10.2. The van der Waals surface area contributed by atoms with Crippen LogP contribution < -0.4 is 15.8 Å². The zero-order valence-corrected chi connectivity index (χ0v) is 13.6. The van der Waals surface area contributed by atoms with Gasteiger partial charge in [-0.05, 0) is 38.1 Å². The largest absolute Gasteiger partial charge is 0.455 e. The SMILES string of the molecule is CC(C)(C)OC(=O)Nc1cccc(Oc2ccnc(N)c2N=O)c1. The molecule has 0 fully saturated rings. The first-order valence-corrected chi connectivity index (χ1v) is 7.14. The molecule has 0 saturated carbocycles. The molecule has 1 aromatic heterocycles. The van der Waals surface area contributed by atoms with Crippen molar-refractivity contribution in [3.63, 3.8) is 0 Å². The monoisotopic (exact) mass is 330 g/mol. The Morgan fingerprint density at radius 1 is 1.29 bits per heavy atom. The van der Waals surface area contributed by atoms with E-state index in [-0.39, 0.29) is 17.3 Å². The Balaban J connectivity index is 2.15. The molecule has 8 heteroatoms. The van der Waals surface area contributed by atoms with Crippen LogP contribution in [0, 0.1) is 4.91 Å². The quantitative estimate of drug-likeness (QED) is 0.811. The summed E-state index contributed by atoms with van der Waals surface area (Å²) in [5.74, 6) is 0.538. The Kier molecular flexibility index (Phi) is 4.98. The highest BCUT2D eigenvalue weighted by Crippen LogP contribution is 2.35. The smallest absolute Gasteiger partial charge is 0.412 e. The van der Waals surface area contributed by atoms with E-state index in [0.717, 1.165) is 0 Å². The van der Waals surface area contributed by atoms with Gasteiger partial charge in [-0.1, -0.05) is 6.07 Å². The van der Waals surface area contributed by atoms with Crippen LogP contribution in [-0.2, 0) is 4.74 Å². The Morgan fingerprint density at radius 3 is 2.71 bits per heavy atom. The summed E-state index contributed by atoms with van der Waals surface area (Å²) in [5.41, 5.74) is 5.38. The van der Waals surface area contributed by atoms with E-state index in [2.05, 4.69) is 15.5 Å². The van der Waals surface area contributed by atoms with Gasteiger partial charge < -0.3 is 15.2 Å². The normalized spacial score (nSPS) is 10.8. The van der Waals surface area contributed by atoms with Crippen LogP contribution in [0.15, 0.2) is 41.7 Å². The first-order valence-electron chi connectivity index (χ1n) is 7.14. The molecule has 126 valence electrons. The fourth-order valence-electron chi connectivity index (χ4n) is 1.81. The third kappa shape index (κ3) is 4.67.